The molecule has 1 amide bonds. The van der Waals surface area contributed by atoms with Gasteiger partial charge in [-0.2, -0.15) is 18.3 Å². The molecule has 0 aliphatic heterocycles. The third kappa shape index (κ3) is 5.78. The summed E-state index contributed by atoms with van der Waals surface area (Å²) >= 11 is 12.2. The summed E-state index contributed by atoms with van der Waals surface area (Å²) in [5, 5.41) is 15.9. The zero-order valence-corrected chi connectivity index (χ0v) is 22.7. The summed E-state index contributed by atoms with van der Waals surface area (Å²) in [6.07, 6.45) is -0.280. The maximum atomic E-state index is 14.3. The second-order valence-electron chi connectivity index (χ2n) is 10.3. The monoisotopic (exact) mass is 590 g/mol. The molecule has 2 N–H and O–H groups in total. The number of ether oxygens (including phenoxy) is 1. The first kappa shape index (κ1) is 29.3. The van der Waals surface area contributed by atoms with Crippen LogP contribution in [0.25, 0.3) is 0 Å². The van der Waals surface area contributed by atoms with Gasteiger partial charge in [-0.1, -0.05) is 23.2 Å². The molecule has 0 bridgehead atoms. The molecular formula is C25H27Cl2F3N4O5. The van der Waals surface area contributed by atoms with Gasteiger partial charge in [0, 0.05) is 25.9 Å². The molecule has 0 radical (unpaired) electrons. The minimum atomic E-state index is -4.92. The van der Waals surface area contributed by atoms with E-state index in [-0.39, 0.29) is 47.7 Å². The summed E-state index contributed by atoms with van der Waals surface area (Å²) in [5.41, 5.74) is -3.89. The topological polar surface area (TPSA) is 123 Å². The largest absolute Gasteiger partial charge is 0.481 e. The summed E-state index contributed by atoms with van der Waals surface area (Å²) in [6, 6.07) is -1.70. The van der Waals surface area contributed by atoms with Crippen LogP contribution in [0.15, 0.2) is 18.6 Å². The summed E-state index contributed by atoms with van der Waals surface area (Å²) in [6.45, 7) is 1.56. The number of aromatic nitrogens is 3. The zero-order chi connectivity index (χ0) is 28.8. The summed E-state index contributed by atoms with van der Waals surface area (Å²) in [4.78, 5) is 41.7. The van der Waals surface area contributed by atoms with Crippen molar-refractivity contribution >= 4 is 40.9 Å². The second-order valence-corrected chi connectivity index (χ2v) is 11.2. The van der Waals surface area contributed by atoms with Crippen molar-refractivity contribution in [1.82, 2.24) is 20.1 Å². The Balaban J connectivity index is 1.60. The molecule has 212 valence electrons. The number of nitrogens with one attached hydrogen (secondary N) is 1. The molecule has 2 aliphatic carbocycles. The van der Waals surface area contributed by atoms with Crippen LogP contribution in [0.1, 0.15) is 84.3 Å². The second kappa shape index (κ2) is 10.7. The Morgan fingerprint density at radius 2 is 1.74 bits per heavy atom. The van der Waals surface area contributed by atoms with Gasteiger partial charge in [0.15, 0.2) is 11.5 Å². The highest BCUT2D eigenvalue weighted by Gasteiger charge is 2.52. The highest BCUT2D eigenvalue weighted by atomic mass is 35.5. The number of amides is 1. The Morgan fingerprint density at radius 1 is 1.15 bits per heavy atom. The number of hydrogen-bond acceptors (Lipinski definition) is 6. The van der Waals surface area contributed by atoms with Crippen molar-refractivity contribution in [1.29, 1.82) is 0 Å². The molecule has 0 aromatic carbocycles. The predicted octanol–water partition coefficient (Wildman–Crippen LogP) is 5.36. The van der Waals surface area contributed by atoms with E-state index in [2.05, 4.69) is 15.4 Å². The highest BCUT2D eigenvalue weighted by Crippen LogP contribution is 2.45. The third-order valence-corrected chi connectivity index (χ3v) is 8.41. The SMILES string of the molecule is COC1(C(CC(=O)c2c(Cl)cncc2Cl)NC(=O)c2cnn(C3CCC(C)(C(=O)O)CC3)c2C(F)(F)F)CC1. The number of rotatable bonds is 9. The van der Waals surface area contributed by atoms with Gasteiger partial charge >= 0.3 is 12.1 Å². The van der Waals surface area contributed by atoms with Crippen LogP contribution >= 0.6 is 23.2 Å². The highest BCUT2D eigenvalue weighted by molar-refractivity contribution is 6.39. The van der Waals surface area contributed by atoms with E-state index in [0.29, 0.717) is 12.8 Å². The van der Waals surface area contributed by atoms with Crippen LogP contribution in [0, 0.1) is 5.41 Å². The molecule has 2 aliphatic rings. The summed E-state index contributed by atoms with van der Waals surface area (Å²) in [5.74, 6) is -2.59. The fraction of sp³-hybridized carbons (Fsp3) is 0.560. The Hall–Kier alpha value is -2.70. The molecule has 4 rings (SSSR count). The van der Waals surface area contributed by atoms with Gasteiger partial charge in [0.1, 0.15) is 0 Å². The number of halogens is 5. The number of methoxy groups -OCH3 is 1. The first-order chi connectivity index (χ1) is 18.2. The normalized spacial score (nSPS) is 23.2. The lowest BCUT2D eigenvalue weighted by atomic mass is 9.74. The van der Waals surface area contributed by atoms with Crippen molar-refractivity contribution in [3.8, 4) is 0 Å². The molecule has 1 unspecified atom stereocenters. The van der Waals surface area contributed by atoms with E-state index in [0.717, 1.165) is 10.9 Å². The maximum absolute atomic E-state index is 14.3. The number of carbonyl (C=O) groups excluding carboxylic acids is 2. The van der Waals surface area contributed by atoms with Gasteiger partial charge in [0.05, 0.1) is 50.5 Å². The van der Waals surface area contributed by atoms with Gasteiger partial charge in [-0.15, -0.1) is 0 Å². The lowest BCUT2D eigenvalue weighted by molar-refractivity contribution is -0.152. The number of ketones is 1. The van der Waals surface area contributed by atoms with E-state index < -0.39 is 58.2 Å². The number of hydrogen-bond donors (Lipinski definition) is 2. The molecule has 14 heteroatoms. The van der Waals surface area contributed by atoms with Crippen molar-refractivity contribution in [3.63, 3.8) is 0 Å². The average Bonchev–Trinajstić information content (AvgIpc) is 3.52. The Kier molecular flexibility index (Phi) is 8.04. The number of carboxylic acids is 1. The van der Waals surface area contributed by atoms with Crippen LogP contribution in [0.4, 0.5) is 13.2 Å². The van der Waals surface area contributed by atoms with Crippen molar-refractivity contribution in [2.75, 3.05) is 7.11 Å². The van der Waals surface area contributed by atoms with Crippen molar-refractivity contribution < 1.29 is 37.4 Å². The van der Waals surface area contributed by atoms with E-state index in [1.54, 1.807) is 6.92 Å². The fourth-order valence-electron chi connectivity index (χ4n) is 5.17. The van der Waals surface area contributed by atoms with Gasteiger partial charge in [-0.3, -0.25) is 24.0 Å². The Labute approximate surface area is 232 Å². The standard InChI is InChI=1S/C25H27Cl2F3N4O5/c1-23(22(37)38)5-3-13(4-6-23)34-20(25(28,29)30)14(10-32-34)21(36)33-18(24(39-2)7-8-24)9-17(35)19-15(26)11-31-12-16(19)27/h10-13,18H,3-9H2,1-2H3,(H,33,36)(H,37,38). The number of Topliss-reactive ketones (excluding diaryl/α,β-unsaturated/α-hetero) is 1. The molecular weight excluding hydrogens is 564 g/mol. The molecule has 0 spiro atoms. The minimum Gasteiger partial charge on any atom is -0.481 e. The van der Waals surface area contributed by atoms with Gasteiger partial charge in [0.25, 0.3) is 5.91 Å². The van der Waals surface area contributed by atoms with Crippen LogP contribution < -0.4 is 5.32 Å². The molecule has 2 aromatic heterocycles. The van der Waals surface area contributed by atoms with Crippen LogP contribution in [-0.2, 0) is 15.7 Å². The molecule has 9 nitrogen and oxygen atoms in total. The predicted molar refractivity (Wildman–Crippen MR) is 134 cm³/mol. The van der Waals surface area contributed by atoms with Gasteiger partial charge < -0.3 is 15.2 Å². The van der Waals surface area contributed by atoms with E-state index >= 15 is 0 Å². The molecule has 1 atom stereocenters. The zero-order valence-electron chi connectivity index (χ0n) is 21.1. The number of pyridine rings is 1. The van der Waals surface area contributed by atoms with E-state index in [1.165, 1.54) is 19.5 Å². The molecule has 2 aromatic rings. The number of nitrogens with zero attached hydrogens (tertiary/aromatic N) is 3. The summed E-state index contributed by atoms with van der Waals surface area (Å²) in [7, 11) is 1.40. The lowest BCUT2D eigenvalue weighted by Crippen LogP contribution is -2.47. The summed E-state index contributed by atoms with van der Waals surface area (Å²) < 4.78 is 49.1. The van der Waals surface area contributed by atoms with Crippen molar-refractivity contribution in [3.05, 3.63) is 45.5 Å². The van der Waals surface area contributed by atoms with Crippen LogP contribution in [-0.4, -0.2) is 56.3 Å². The Morgan fingerprint density at radius 3 is 2.23 bits per heavy atom. The molecule has 2 fully saturated rings. The number of alkyl halides is 3. The number of carbonyl (C=O) groups is 3. The van der Waals surface area contributed by atoms with Gasteiger partial charge in [-0.05, 0) is 45.4 Å². The van der Waals surface area contributed by atoms with E-state index in [4.69, 9.17) is 27.9 Å². The number of carboxylic acid groups (broad SMARTS) is 1. The van der Waals surface area contributed by atoms with Crippen molar-refractivity contribution in [2.45, 2.75) is 75.7 Å². The average molecular weight is 591 g/mol. The maximum Gasteiger partial charge on any atom is 0.433 e. The smallest absolute Gasteiger partial charge is 0.433 e. The van der Waals surface area contributed by atoms with Crippen molar-refractivity contribution in [2.24, 2.45) is 5.41 Å². The molecule has 0 saturated heterocycles. The molecule has 2 heterocycles. The van der Waals surface area contributed by atoms with Crippen LogP contribution in [0.2, 0.25) is 10.0 Å². The molecule has 2 saturated carbocycles. The van der Waals surface area contributed by atoms with Gasteiger partial charge in [0.2, 0.25) is 0 Å². The third-order valence-electron chi connectivity index (χ3n) is 7.84. The Bertz CT molecular complexity index is 1270. The van der Waals surface area contributed by atoms with E-state index in [1.807, 2.05) is 0 Å². The van der Waals surface area contributed by atoms with Crippen LogP contribution in [0.5, 0.6) is 0 Å². The first-order valence-corrected chi connectivity index (χ1v) is 13.0. The minimum absolute atomic E-state index is 0.00561. The number of aliphatic carboxylic acids is 1. The van der Waals surface area contributed by atoms with Crippen LogP contribution in [0.3, 0.4) is 0 Å². The first-order valence-electron chi connectivity index (χ1n) is 12.3. The molecule has 39 heavy (non-hydrogen) atoms. The lowest BCUT2D eigenvalue weighted by Gasteiger charge is -2.34. The fourth-order valence-corrected chi connectivity index (χ4v) is 5.75. The quantitative estimate of drug-likeness (QED) is 0.377. The van der Waals surface area contributed by atoms with E-state index in [9.17, 15) is 32.7 Å². The van der Waals surface area contributed by atoms with Gasteiger partial charge in [-0.25, -0.2) is 0 Å².